The summed E-state index contributed by atoms with van der Waals surface area (Å²) in [4.78, 5) is 14.8. The van der Waals surface area contributed by atoms with Crippen LogP contribution in [0.2, 0.25) is 0 Å². The second kappa shape index (κ2) is 3.76. The molecule has 1 heterocycles. The smallest absolute Gasteiger partial charge is 0.363 e. The zero-order valence-corrected chi connectivity index (χ0v) is 9.04. The molecule has 0 atom stereocenters. The van der Waals surface area contributed by atoms with Crippen LogP contribution in [0.5, 0.6) is 0 Å². The first-order chi connectivity index (χ1) is 7.88. The number of cyclic esters (lactones) is 1. The largest absolute Gasteiger partial charge is 0.402 e. The first kappa shape index (κ1) is 11.4. The number of carbonyl (C=O) groups excluding carboxylic acids is 1. The van der Waals surface area contributed by atoms with Gasteiger partial charge in [0.25, 0.3) is 5.92 Å². The van der Waals surface area contributed by atoms with E-state index in [1.165, 1.54) is 24.3 Å². The Morgan fingerprint density at radius 3 is 2.29 bits per heavy atom. The van der Waals surface area contributed by atoms with Gasteiger partial charge in [-0.1, -0.05) is 18.7 Å². The van der Waals surface area contributed by atoms with Crippen LogP contribution >= 0.6 is 0 Å². The highest BCUT2D eigenvalue weighted by atomic mass is 19.3. The van der Waals surface area contributed by atoms with Crippen molar-refractivity contribution < 1.29 is 18.3 Å². The highest BCUT2D eigenvalue weighted by Gasteiger charge is 2.26. The molecule has 1 aromatic carbocycles. The number of alkyl halides is 2. The average molecular weight is 237 g/mol. The highest BCUT2D eigenvalue weighted by molar-refractivity contribution is 6.10. The Labute approximate surface area is 96.4 Å². The molecule has 0 aromatic heterocycles. The maximum Gasteiger partial charge on any atom is 0.363 e. The van der Waals surface area contributed by atoms with Gasteiger partial charge in [0, 0.05) is 18.1 Å². The van der Waals surface area contributed by atoms with Gasteiger partial charge in [0.15, 0.2) is 0 Å². The number of aliphatic imine (C=N–C) groups is 1. The van der Waals surface area contributed by atoms with Gasteiger partial charge in [-0.05, 0) is 12.1 Å². The van der Waals surface area contributed by atoms with Crippen molar-refractivity contribution in [3.8, 4) is 0 Å². The number of hydrogen-bond donors (Lipinski definition) is 0. The molecular formula is C12H9F2NO2. The minimum atomic E-state index is -2.89. The van der Waals surface area contributed by atoms with Crippen molar-refractivity contribution in [3.63, 3.8) is 0 Å². The Bertz CT molecular complexity index is 512. The lowest BCUT2D eigenvalue weighted by molar-refractivity contribution is -0.130. The molecule has 0 saturated carbocycles. The van der Waals surface area contributed by atoms with E-state index in [1.54, 1.807) is 0 Å². The second-order valence-electron chi connectivity index (χ2n) is 3.72. The van der Waals surface area contributed by atoms with E-state index in [4.69, 9.17) is 4.74 Å². The third-order valence-electron chi connectivity index (χ3n) is 2.30. The van der Waals surface area contributed by atoms with E-state index >= 15 is 0 Å². The van der Waals surface area contributed by atoms with E-state index in [-0.39, 0.29) is 17.2 Å². The number of carbonyl (C=O) groups is 1. The summed E-state index contributed by atoms with van der Waals surface area (Å²) < 4.78 is 30.7. The van der Waals surface area contributed by atoms with Crippen LogP contribution in [0.4, 0.5) is 8.78 Å². The van der Waals surface area contributed by atoms with Crippen LogP contribution in [-0.4, -0.2) is 11.9 Å². The normalized spacial score (nSPS) is 15.8. The minimum Gasteiger partial charge on any atom is -0.402 e. The van der Waals surface area contributed by atoms with Crippen LogP contribution in [0.3, 0.4) is 0 Å². The molecule has 0 fully saturated rings. The summed E-state index contributed by atoms with van der Waals surface area (Å²) in [5.74, 6) is -3.42. The fourth-order valence-corrected chi connectivity index (χ4v) is 1.37. The SMILES string of the molecule is C=C1N=C(c2ccc(C(C)(F)F)cc2)OC1=O. The predicted octanol–water partition coefficient (Wildman–Crippen LogP) is 2.62. The van der Waals surface area contributed by atoms with E-state index in [2.05, 4.69) is 11.6 Å². The quantitative estimate of drug-likeness (QED) is 0.585. The van der Waals surface area contributed by atoms with Crippen molar-refractivity contribution in [3.05, 3.63) is 47.7 Å². The summed E-state index contributed by atoms with van der Waals surface area (Å²) in [6.45, 7) is 4.20. The number of ether oxygens (including phenoxy) is 1. The molecule has 0 unspecified atom stereocenters. The molecular weight excluding hydrogens is 228 g/mol. The average Bonchev–Trinajstić information content (AvgIpc) is 2.58. The molecule has 3 nitrogen and oxygen atoms in total. The summed E-state index contributed by atoms with van der Waals surface area (Å²) >= 11 is 0. The number of halogens is 2. The van der Waals surface area contributed by atoms with Crippen molar-refractivity contribution in [1.29, 1.82) is 0 Å². The van der Waals surface area contributed by atoms with Crippen LogP contribution < -0.4 is 0 Å². The van der Waals surface area contributed by atoms with Crippen LogP contribution in [0, 0.1) is 0 Å². The Balaban J connectivity index is 2.29. The van der Waals surface area contributed by atoms with Crippen molar-refractivity contribution >= 4 is 11.9 Å². The lowest BCUT2D eigenvalue weighted by Crippen LogP contribution is -2.09. The predicted molar refractivity (Wildman–Crippen MR) is 57.8 cm³/mol. The van der Waals surface area contributed by atoms with E-state index < -0.39 is 11.9 Å². The zero-order chi connectivity index (χ0) is 12.6. The molecule has 5 heteroatoms. The summed E-state index contributed by atoms with van der Waals surface area (Å²) in [5.41, 5.74) is 0.361. The van der Waals surface area contributed by atoms with E-state index in [0.717, 1.165) is 6.92 Å². The molecule has 17 heavy (non-hydrogen) atoms. The van der Waals surface area contributed by atoms with Gasteiger partial charge < -0.3 is 4.74 Å². The number of benzene rings is 1. The molecule has 0 amide bonds. The molecule has 2 rings (SSSR count). The van der Waals surface area contributed by atoms with Crippen molar-refractivity contribution in [2.75, 3.05) is 0 Å². The van der Waals surface area contributed by atoms with Crippen LogP contribution in [0.15, 0.2) is 41.5 Å². The lowest BCUT2D eigenvalue weighted by Gasteiger charge is -2.10. The van der Waals surface area contributed by atoms with Gasteiger partial charge in [-0.15, -0.1) is 0 Å². The molecule has 0 N–H and O–H groups in total. The van der Waals surface area contributed by atoms with Crippen molar-refractivity contribution in [2.45, 2.75) is 12.8 Å². The number of hydrogen-bond acceptors (Lipinski definition) is 3. The van der Waals surface area contributed by atoms with Gasteiger partial charge in [-0.2, -0.15) is 0 Å². The third kappa shape index (κ3) is 2.22. The standard InChI is InChI=1S/C12H9F2NO2/c1-7-11(16)17-10(15-7)8-3-5-9(6-4-8)12(2,13)14/h3-6H,1H2,2H3. The Hall–Kier alpha value is -2.04. The van der Waals surface area contributed by atoms with Gasteiger partial charge in [0.05, 0.1) is 0 Å². The molecule has 0 bridgehead atoms. The van der Waals surface area contributed by atoms with Crippen molar-refractivity contribution in [1.82, 2.24) is 0 Å². The Morgan fingerprint density at radius 2 is 1.88 bits per heavy atom. The summed E-state index contributed by atoms with van der Waals surface area (Å²) in [6, 6.07) is 5.40. The summed E-state index contributed by atoms with van der Waals surface area (Å²) in [7, 11) is 0. The van der Waals surface area contributed by atoms with Gasteiger partial charge in [-0.3, -0.25) is 0 Å². The molecule has 0 spiro atoms. The number of esters is 1. The highest BCUT2D eigenvalue weighted by Crippen LogP contribution is 2.27. The molecule has 0 radical (unpaired) electrons. The van der Waals surface area contributed by atoms with Gasteiger partial charge in [-0.25, -0.2) is 18.6 Å². The summed E-state index contributed by atoms with van der Waals surface area (Å²) in [6.07, 6.45) is 0. The van der Waals surface area contributed by atoms with Gasteiger partial charge in [0.2, 0.25) is 5.90 Å². The number of nitrogens with zero attached hydrogens (tertiary/aromatic N) is 1. The first-order valence-electron chi connectivity index (χ1n) is 4.86. The molecule has 88 valence electrons. The molecule has 0 saturated heterocycles. The Kier molecular flexibility index (Phi) is 2.53. The maximum atomic E-state index is 13.0. The van der Waals surface area contributed by atoms with Crippen LogP contribution in [0.25, 0.3) is 0 Å². The molecule has 1 aliphatic heterocycles. The zero-order valence-electron chi connectivity index (χ0n) is 9.04. The van der Waals surface area contributed by atoms with E-state index in [1.807, 2.05) is 0 Å². The van der Waals surface area contributed by atoms with Gasteiger partial charge in [0.1, 0.15) is 5.70 Å². The number of rotatable bonds is 2. The fourth-order valence-electron chi connectivity index (χ4n) is 1.37. The maximum absolute atomic E-state index is 13.0. The lowest BCUT2D eigenvalue weighted by atomic mass is 10.1. The minimum absolute atomic E-state index is 0.00454. The first-order valence-corrected chi connectivity index (χ1v) is 4.86. The fraction of sp³-hybridized carbons (Fsp3) is 0.167. The summed E-state index contributed by atoms with van der Waals surface area (Å²) in [5, 5.41) is 0. The van der Waals surface area contributed by atoms with E-state index in [0.29, 0.717) is 5.56 Å². The van der Waals surface area contributed by atoms with E-state index in [9.17, 15) is 13.6 Å². The second-order valence-corrected chi connectivity index (χ2v) is 3.72. The van der Waals surface area contributed by atoms with Crippen molar-refractivity contribution in [2.24, 2.45) is 4.99 Å². The van der Waals surface area contributed by atoms with Gasteiger partial charge >= 0.3 is 5.97 Å². The molecule has 0 aliphatic carbocycles. The van der Waals surface area contributed by atoms with Crippen LogP contribution in [0.1, 0.15) is 18.1 Å². The third-order valence-corrected chi connectivity index (χ3v) is 2.30. The molecule has 1 aliphatic rings. The Morgan fingerprint density at radius 1 is 1.29 bits per heavy atom. The van der Waals surface area contributed by atoms with Crippen LogP contribution in [-0.2, 0) is 15.5 Å². The topological polar surface area (TPSA) is 38.7 Å². The monoisotopic (exact) mass is 237 g/mol. The molecule has 1 aromatic rings.